The van der Waals surface area contributed by atoms with Crippen molar-refractivity contribution in [3.63, 3.8) is 0 Å². The van der Waals surface area contributed by atoms with Gasteiger partial charge in [-0.25, -0.2) is 0 Å². The van der Waals surface area contributed by atoms with Crippen LogP contribution in [0.4, 0.5) is 0 Å². The highest BCUT2D eigenvalue weighted by Gasteiger charge is 2.50. The number of unbranched alkanes of at least 4 members (excludes halogenated alkanes) is 24. The fourth-order valence-electron chi connectivity index (χ4n) is 9.18. The van der Waals surface area contributed by atoms with Crippen LogP contribution in [0, 0.1) is 11.8 Å². The van der Waals surface area contributed by atoms with Gasteiger partial charge in [0.15, 0.2) is 12.6 Å². The van der Waals surface area contributed by atoms with Crippen molar-refractivity contribution in [3.8, 4) is 0 Å². The van der Waals surface area contributed by atoms with Gasteiger partial charge in [0.1, 0.15) is 62.0 Å². The number of carbonyl (C=O) groups excluding carboxylic acids is 2. The zero-order valence-corrected chi connectivity index (χ0v) is 41.5. The number of esters is 2. The molecule has 2 heterocycles. The molecule has 0 aromatic heterocycles. The number of ether oxygens (including phenoxy) is 5. The van der Waals surface area contributed by atoms with E-state index in [4.69, 9.17) is 23.7 Å². The van der Waals surface area contributed by atoms with E-state index in [1.165, 1.54) is 103 Å². The maximum absolute atomic E-state index is 13.5. The Hall–Kier alpha value is -1.42. The molecule has 2 saturated heterocycles. The Labute approximate surface area is 394 Å². The van der Waals surface area contributed by atoms with Gasteiger partial charge < -0.3 is 54.3 Å². The first-order valence-corrected chi connectivity index (χ1v) is 26.9. The summed E-state index contributed by atoms with van der Waals surface area (Å²) in [5.41, 5.74) is 0. The minimum absolute atomic E-state index is 0.315. The summed E-state index contributed by atoms with van der Waals surface area (Å²) in [5, 5.41) is 65.3. The lowest BCUT2D eigenvalue weighted by atomic mass is 9.94. The van der Waals surface area contributed by atoms with Gasteiger partial charge in [0.2, 0.25) is 0 Å². The Bertz CT molecular complexity index is 1040. The summed E-state index contributed by atoms with van der Waals surface area (Å²) < 4.78 is 28.9. The number of aliphatic hydroxyl groups excluding tert-OH is 6. The summed E-state index contributed by atoms with van der Waals surface area (Å²) in [6, 6.07) is 0. The van der Waals surface area contributed by atoms with Crippen molar-refractivity contribution in [2.75, 3.05) is 13.2 Å². The summed E-state index contributed by atoms with van der Waals surface area (Å²) in [5.74, 6) is -1.43. The Kier molecular flexibility index (Phi) is 34.4. The van der Waals surface area contributed by atoms with E-state index in [1.54, 1.807) is 0 Å². The van der Waals surface area contributed by atoms with Crippen LogP contribution >= 0.6 is 0 Å². The maximum Gasteiger partial charge on any atom is 0.309 e. The highest BCUT2D eigenvalue weighted by Crippen LogP contribution is 2.30. The molecular weight excluding hydrogens is 833 g/mol. The molecule has 6 N–H and O–H groups in total. The molecule has 0 radical (unpaired) electrons. The molecule has 0 bridgehead atoms. The number of aliphatic hydroxyl groups is 6. The number of hydrogen-bond acceptors (Lipinski definition) is 13. The van der Waals surface area contributed by atoms with E-state index in [0.717, 1.165) is 77.0 Å². The van der Waals surface area contributed by atoms with E-state index in [2.05, 4.69) is 27.7 Å². The lowest BCUT2D eigenvalue weighted by Crippen LogP contribution is -2.64. The monoisotopic (exact) mass is 931 g/mol. The molecule has 0 aromatic rings. The Morgan fingerprint density at radius 1 is 0.369 bits per heavy atom. The van der Waals surface area contributed by atoms with E-state index in [1.807, 2.05) is 0 Å². The van der Waals surface area contributed by atoms with Crippen molar-refractivity contribution in [3.05, 3.63) is 0 Å². The van der Waals surface area contributed by atoms with Gasteiger partial charge in [0, 0.05) is 0 Å². The van der Waals surface area contributed by atoms with E-state index in [0.29, 0.717) is 25.7 Å². The molecule has 65 heavy (non-hydrogen) atoms. The smallest absolute Gasteiger partial charge is 0.309 e. The largest absolute Gasteiger partial charge is 0.463 e. The predicted molar refractivity (Wildman–Crippen MR) is 254 cm³/mol. The van der Waals surface area contributed by atoms with Gasteiger partial charge in [-0.3, -0.25) is 9.59 Å². The normalized spacial score (nSPS) is 26.0. The molecule has 13 nitrogen and oxygen atoms in total. The van der Waals surface area contributed by atoms with Crippen LogP contribution in [0.25, 0.3) is 0 Å². The van der Waals surface area contributed by atoms with Crippen molar-refractivity contribution in [1.82, 2.24) is 0 Å². The molecule has 0 aliphatic carbocycles. The summed E-state index contributed by atoms with van der Waals surface area (Å²) in [4.78, 5) is 27.0. The zero-order chi connectivity index (χ0) is 47.7. The van der Waals surface area contributed by atoms with Gasteiger partial charge in [-0.2, -0.15) is 0 Å². The second-order valence-corrected chi connectivity index (χ2v) is 19.5. The van der Waals surface area contributed by atoms with Crippen molar-refractivity contribution in [2.45, 2.75) is 295 Å². The summed E-state index contributed by atoms with van der Waals surface area (Å²) >= 11 is 0. The fraction of sp³-hybridized carbons (Fsp3) is 0.962. The first-order chi connectivity index (χ1) is 31.5. The molecule has 384 valence electrons. The van der Waals surface area contributed by atoms with Crippen LogP contribution in [0.2, 0.25) is 0 Å². The average molecular weight is 931 g/mol. The van der Waals surface area contributed by atoms with Gasteiger partial charge >= 0.3 is 11.9 Å². The first kappa shape index (κ1) is 59.7. The van der Waals surface area contributed by atoms with E-state index in [-0.39, 0.29) is 11.8 Å². The van der Waals surface area contributed by atoms with Crippen LogP contribution in [0.15, 0.2) is 0 Å². The Morgan fingerprint density at radius 3 is 0.877 bits per heavy atom. The number of carbonyl (C=O) groups is 2. The Morgan fingerprint density at radius 2 is 0.615 bits per heavy atom. The Balaban J connectivity index is 2.02. The highest BCUT2D eigenvalue weighted by atomic mass is 16.8. The molecule has 2 rings (SSSR count). The maximum atomic E-state index is 13.5. The van der Waals surface area contributed by atoms with Crippen LogP contribution in [-0.2, 0) is 33.3 Å². The molecule has 0 spiro atoms. The van der Waals surface area contributed by atoms with Crippen molar-refractivity contribution in [1.29, 1.82) is 0 Å². The summed E-state index contributed by atoms with van der Waals surface area (Å²) in [6.45, 7) is 7.95. The van der Waals surface area contributed by atoms with Gasteiger partial charge in [0.05, 0.1) is 11.8 Å². The highest BCUT2D eigenvalue weighted by molar-refractivity contribution is 5.72. The molecule has 0 saturated carbocycles. The van der Waals surface area contributed by atoms with Crippen molar-refractivity contribution < 1.29 is 63.9 Å². The average Bonchev–Trinajstić information content (AvgIpc) is 3.30. The van der Waals surface area contributed by atoms with Crippen LogP contribution in [0.3, 0.4) is 0 Å². The first-order valence-electron chi connectivity index (χ1n) is 26.9. The van der Waals surface area contributed by atoms with E-state index < -0.39 is 86.6 Å². The summed E-state index contributed by atoms with van der Waals surface area (Å²) in [7, 11) is 0. The van der Waals surface area contributed by atoms with Crippen LogP contribution in [0.1, 0.15) is 233 Å². The van der Waals surface area contributed by atoms with Crippen molar-refractivity contribution >= 4 is 11.9 Å². The van der Waals surface area contributed by atoms with Crippen LogP contribution in [-0.4, -0.2) is 117 Å². The molecule has 2 fully saturated rings. The topological polar surface area (TPSA) is 202 Å². The van der Waals surface area contributed by atoms with Crippen molar-refractivity contribution in [2.24, 2.45) is 11.8 Å². The van der Waals surface area contributed by atoms with Gasteiger partial charge in [0.25, 0.3) is 0 Å². The van der Waals surface area contributed by atoms with E-state index in [9.17, 15) is 40.2 Å². The lowest BCUT2D eigenvalue weighted by Gasteiger charge is -2.44. The van der Waals surface area contributed by atoms with Gasteiger partial charge in [-0.05, 0) is 25.7 Å². The molecule has 4 unspecified atom stereocenters. The quantitative estimate of drug-likeness (QED) is 0.0251. The third-order valence-electron chi connectivity index (χ3n) is 13.7. The van der Waals surface area contributed by atoms with Gasteiger partial charge in [-0.15, -0.1) is 0 Å². The molecule has 2 aliphatic rings. The third-order valence-corrected chi connectivity index (χ3v) is 13.7. The van der Waals surface area contributed by atoms with E-state index >= 15 is 0 Å². The second kappa shape index (κ2) is 37.5. The number of rotatable bonds is 40. The molecule has 2 aliphatic heterocycles. The molecule has 0 aromatic carbocycles. The number of hydrogen-bond donors (Lipinski definition) is 6. The zero-order valence-electron chi connectivity index (χ0n) is 41.5. The lowest BCUT2D eigenvalue weighted by molar-refractivity contribution is -0.376. The molecular formula is C52H98O13. The predicted octanol–water partition coefficient (Wildman–Crippen LogP) is 9.50. The van der Waals surface area contributed by atoms with Crippen LogP contribution in [0.5, 0.6) is 0 Å². The minimum Gasteiger partial charge on any atom is -0.463 e. The summed E-state index contributed by atoms with van der Waals surface area (Å²) in [6.07, 6.45) is 18.1. The minimum atomic E-state index is -1.81. The second-order valence-electron chi connectivity index (χ2n) is 19.5. The van der Waals surface area contributed by atoms with Crippen LogP contribution < -0.4 is 0 Å². The molecule has 0 amide bonds. The van der Waals surface area contributed by atoms with Gasteiger partial charge in [-0.1, -0.05) is 207 Å². The fourth-order valence-corrected chi connectivity index (χ4v) is 9.18. The third kappa shape index (κ3) is 24.6. The molecule has 10 atom stereocenters. The SMILES string of the molecule is CCCCCCCCCC(CCCCCCCCC)C(=O)OCC1O[C@@H](O[C@@H]2OC(COC(=O)C(CCCCCCCCC)CCCCCCCCC)[C@H](O)[C@H](O)C2O)C(O)[C@@H](O)[C@H]1O. The molecule has 13 heteroatoms. The standard InChI is InChI=1S/C52H98O13/c1-5-9-13-17-21-25-29-33-39(34-30-26-22-18-14-10-6-2)49(59)61-37-41-43(53)45(55)47(57)51(63-41)65-52-48(58)46(56)44(54)42(64-52)38-62-50(60)40(35-31-27-23-19-15-11-7-3)36-32-28-24-20-16-12-8-4/h39-48,51-58H,5-38H2,1-4H3/t41?,42?,43-,44-,45-,46-,47?,48?,51-,52-/m0/s1.